The third-order valence-corrected chi connectivity index (χ3v) is 12.0. The molecule has 1 aromatic heterocycles. The van der Waals surface area contributed by atoms with Gasteiger partial charge in [-0.05, 0) is 106 Å². The van der Waals surface area contributed by atoms with Crippen LogP contribution in [0.5, 0.6) is 5.75 Å². The Bertz CT molecular complexity index is 1500. The quantitative estimate of drug-likeness (QED) is 0.352. The third-order valence-electron chi connectivity index (χ3n) is 10.8. The van der Waals surface area contributed by atoms with Crippen LogP contribution in [0.3, 0.4) is 0 Å². The molecule has 1 atom stereocenters. The summed E-state index contributed by atoms with van der Waals surface area (Å²) in [6.07, 6.45) is 0.0972. The van der Waals surface area contributed by atoms with Crippen molar-refractivity contribution < 1.29 is 32.7 Å². The molecule has 1 aromatic carbocycles. The number of carbonyl (C=O) groups excluding carboxylic acids is 3. The Labute approximate surface area is 288 Å². The monoisotopic (exact) mass is 709 g/mol. The molecule has 4 amide bonds. The van der Waals surface area contributed by atoms with Crippen LogP contribution in [-0.4, -0.2) is 94.9 Å². The molecule has 262 valence electrons. The average molecular weight is 710 g/mol. The van der Waals surface area contributed by atoms with Gasteiger partial charge in [0.15, 0.2) is 0 Å². The molecule has 0 radical (unpaired) electrons. The second kappa shape index (κ2) is 14.4. The highest BCUT2D eigenvalue weighted by atomic mass is 35.5. The Morgan fingerprint density at radius 3 is 2.27 bits per heavy atom. The summed E-state index contributed by atoms with van der Waals surface area (Å²) in [6, 6.07) is 3.78. The molecular formula is C34H43ClF3N5O4S. The molecule has 0 aliphatic carbocycles. The van der Waals surface area contributed by atoms with E-state index in [2.05, 4.69) is 17.3 Å². The molecule has 5 heterocycles. The molecule has 0 spiro atoms. The Hall–Kier alpha value is -3.03. The largest absolute Gasteiger partial charge is 0.506 e. The van der Waals surface area contributed by atoms with Crippen LogP contribution in [0.2, 0.25) is 5.02 Å². The second-order valence-corrected chi connectivity index (χ2v) is 15.2. The van der Waals surface area contributed by atoms with Crippen LogP contribution in [0.15, 0.2) is 23.6 Å². The van der Waals surface area contributed by atoms with Gasteiger partial charge in [-0.3, -0.25) is 9.59 Å². The van der Waals surface area contributed by atoms with Gasteiger partial charge >= 0.3 is 12.2 Å². The van der Waals surface area contributed by atoms with Crippen molar-refractivity contribution in [1.82, 2.24) is 19.6 Å². The molecule has 2 aromatic rings. The van der Waals surface area contributed by atoms with Crippen LogP contribution >= 0.6 is 22.9 Å². The van der Waals surface area contributed by atoms with Gasteiger partial charge < -0.3 is 30.0 Å². The summed E-state index contributed by atoms with van der Waals surface area (Å²) in [5.41, 5.74) is -0.284. The SMILES string of the molecule is CN1CCC(C2CCN(C(=O)[C@H](CC(=O)N3CCC(N4Cc5sccc5NC4=O)CC3)Cc3cc(Cl)c(O)c(C(F)(F)F)c3)CC2)CC1. The number of benzene rings is 1. The Kier molecular flexibility index (Phi) is 10.5. The number of urea groups is 1. The van der Waals surface area contributed by atoms with E-state index < -0.39 is 28.4 Å². The summed E-state index contributed by atoms with van der Waals surface area (Å²) in [4.78, 5) is 49.2. The number of alkyl halides is 3. The van der Waals surface area contributed by atoms with E-state index in [1.54, 1.807) is 21.1 Å². The average Bonchev–Trinajstić information content (AvgIpc) is 3.52. The fraction of sp³-hybridized carbons (Fsp3) is 0.618. The van der Waals surface area contributed by atoms with Crippen LogP contribution in [0.4, 0.5) is 23.7 Å². The molecule has 6 rings (SSSR count). The van der Waals surface area contributed by atoms with Gasteiger partial charge in [-0.1, -0.05) is 11.6 Å². The number of rotatable bonds is 7. The predicted molar refractivity (Wildman–Crippen MR) is 178 cm³/mol. The van der Waals surface area contributed by atoms with Gasteiger partial charge in [0.1, 0.15) is 5.75 Å². The number of amides is 4. The Balaban J connectivity index is 1.13. The molecule has 3 fully saturated rings. The molecule has 14 heteroatoms. The minimum Gasteiger partial charge on any atom is -0.506 e. The molecule has 4 aliphatic rings. The van der Waals surface area contributed by atoms with Gasteiger partial charge in [0, 0.05) is 43.5 Å². The van der Waals surface area contributed by atoms with E-state index in [1.165, 1.54) is 6.07 Å². The zero-order valence-electron chi connectivity index (χ0n) is 27.1. The van der Waals surface area contributed by atoms with E-state index in [0.29, 0.717) is 57.4 Å². The van der Waals surface area contributed by atoms with Crippen molar-refractivity contribution in [3.63, 3.8) is 0 Å². The molecular weight excluding hydrogens is 667 g/mol. The Morgan fingerprint density at radius 1 is 1.00 bits per heavy atom. The number of thiophene rings is 1. The first-order valence-corrected chi connectivity index (χ1v) is 18.1. The molecule has 0 bridgehead atoms. The highest BCUT2D eigenvalue weighted by molar-refractivity contribution is 7.10. The maximum absolute atomic E-state index is 14.0. The number of nitrogens with one attached hydrogen (secondary N) is 1. The molecule has 2 N–H and O–H groups in total. The zero-order valence-corrected chi connectivity index (χ0v) is 28.7. The molecule has 4 aliphatic heterocycles. The van der Waals surface area contributed by atoms with E-state index in [9.17, 15) is 32.7 Å². The minimum absolute atomic E-state index is 0.0347. The number of hydrogen-bond donors (Lipinski definition) is 2. The van der Waals surface area contributed by atoms with Crippen molar-refractivity contribution in [2.24, 2.45) is 17.8 Å². The van der Waals surface area contributed by atoms with E-state index in [0.717, 1.165) is 55.4 Å². The number of carbonyl (C=O) groups is 3. The van der Waals surface area contributed by atoms with Crippen LogP contribution in [0, 0.1) is 17.8 Å². The van der Waals surface area contributed by atoms with Gasteiger partial charge in [0.05, 0.1) is 28.7 Å². The normalized spacial score (nSPS) is 21.3. The van der Waals surface area contributed by atoms with Gasteiger partial charge in [0.2, 0.25) is 11.8 Å². The van der Waals surface area contributed by atoms with Crippen molar-refractivity contribution >= 4 is 46.5 Å². The van der Waals surface area contributed by atoms with Crippen molar-refractivity contribution in [3.05, 3.63) is 44.6 Å². The number of likely N-dealkylation sites (tertiary alicyclic amines) is 3. The van der Waals surface area contributed by atoms with Crippen LogP contribution < -0.4 is 5.32 Å². The number of phenolic OH excluding ortho intramolecular Hbond substituents is 1. The third kappa shape index (κ3) is 7.73. The maximum Gasteiger partial charge on any atom is 0.420 e. The van der Waals surface area contributed by atoms with Crippen LogP contribution in [0.25, 0.3) is 0 Å². The number of halogens is 4. The number of fused-ring (bicyclic) bond motifs is 1. The van der Waals surface area contributed by atoms with E-state index >= 15 is 0 Å². The van der Waals surface area contributed by atoms with Crippen LogP contribution in [0.1, 0.15) is 60.9 Å². The fourth-order valence-corrected chi connectivity index (χ4v) is 8.99. The summed E-state index contributed by atoms with van der Waals surface area (Å²) < 4.78 is 41.2. The number of phenols is 1. The minimum atomic E-state index is -4.84. The summed E-state index contributed by atoms with van der Waals surface area (Å²) in [6.45, 7) is 4.60. The molecule has 0 saturated carbocycles. The van der Waals surface area contributed by atoms with E-state index in [-0.39, 0.29) is 42.3 Å². The zero-order chi connectivity index (χ0) is 34.2. The van der Waals surface area contributed by atoms with Crippen molar-refractivity contribution in [1.29, 1.82) is 0 Å². The molecule has 0 unspecified atom stereocenters. The van der Waals surface area contributed by atoms with Gasteiger partial charge in [-0.15, -0.1) is 11.3 Å². The maximum atomic E-state index is 14.0. The van der Waals surface area contributed by atoms with Crippen molar-refractivity contribution in [2.75, 3.05) is 51.6 Å². The first-order valence-electron chi connectivity index (χ1n) is 16.8. The number of anilines is 1. The number of aromatic hydroxyl groups is 1. The smallest absolute Gasteiger partial charge is 0.420 e. The lowest BCUT2D eigenvalue weighted by atomic mass is 9.78. The summed E-state index contributed by atoms with van der Waals surface area (Å²) in [7, 11) is 2.13. The van der Waals surface area contributed by atoms with Crippen molar-refractivity contribution in [2.45, 2.75) is 70.1 Å². The fourth-order valence-electron chi connectivity index (χ4n) is 7.92. The predicted octanol–water partition coefficient (Wildman–Crippen LogP) is 6.29. The first-order chi connectivity index (χ1) is 22.9. The lowest BCUT2D eigenvalue weighted by molar-refractivity contribution is -0.143. The first kappa shape index (κ1) is 34.8. The standard InChI is InChI=1S/C34H43ClF3N5O4S/c1-40-9-2-22(3-10-40)23-4-11-42(12-5-23)32(46)24(16-21-17-26(34(36,37)38)31(45)27(35)18-21)19-30(44)41-13-6-25(7-14-41)43-20-29-28(8-15-48-29)39-33(43)47/h8,15,17-18,22-25,45H,2-7,9-14,16,19-20H2,1H3,(H,39,47)/t24-/m0/s1. The van der Waals surface area contributed by atoms with Crippen molar-refractivity contribution in [3.8, 4) is 5.75 Å². The summed E-state index contributed by atoms with van der Waals surface area (Å²) >= 11 is 7.61. The molecule has 3 saturated heterocycles. The summed E-state index contributed by atoms with van der Waals surface area (Å²) in [5, 5.41) is 14.4. The highest BCUT2D eigenvalue weighted by Crippen LogP contribution is 2.41. The lowest BCUT2D eigenvalue weighted by Crippen LogP contribution is -2.51. The second-order valence-electron chi connectivity index (χ2n) is 13.8. The van der Waals surface area contributed by atoms with E-state index in [1.807, 2.05) is 16.3 Å². The summed E-state index contributed by atoms with van der Waals surface area (Å²) in [5.74, 6) is -1.26. The topological polar surface area (TPSA) is 96.4 Å². The van der Waals surface area contributed by atoms with Gasteiger partial charge in [-0.2, -0.15) is 13.2 Å². The van der Waals surface area contributed by atoms with E-state index in [4.69, 9.17) is 11.6 Å². The highest BCUT2D eigenvalue weighted by Gasteiger charge is 2.38. The van der Waals surface area contributed by atoms with Gasteiger partial charge in [-0.25, -0.2) is 4.79 Å². The Morgan fingerprint density at radius 2 is 1.62 bits per heavy atom. The molecule has 48 heavy (non-hydrogen) atoms. The van der Waals surface area contributed by atoms with Gasteiger partial charge in [0.25, 0.3) is 0 Å². The molecule has 9 nitrogen and oxygen atoms in total. The van der Waals surface area contributed by atoms with Crippen LogP contribution in [-0.2, 0) is 28.7 Å². The lowest BCUT2D eigenvalue weighted by Gasteiger charge is -2.41. The number of nitrogens with zero attached hydrogens (tertiary/aromatic N) is 4. The number of piperidine rings is 3. The number of hydrogen-bond acceptors (Lipinski definition) is 6.